The van der Waals surface area contributed by atoms with Crippen molar-refractivity contribution in [1.29, 1.82) is 0 Å². The van der Waals surface area contributed by atoms with Crippen LogP contribution in [0.1, 0.15) is 154 Å². The van der Waals surface area contributed by atoms with Gasteiger partial charge in [0.2, 0.25) is 0 Å². The molecular formula is C74H79B4N3O. The molecule has 1 aromatic heterocycles. The van der Waals surface area contributed by atoms with Gasteiger partial charge in [-0.25, -0.2) is 0 Å². The van der Waals surface area contributed by atoms with Gasteiger partial charge in [0.25, 0.3) is 6.71 Å². The van der Waals surface area contributed by atoms with Gasteiger partial charge in [-0.1, -0.05) is 179 Å². The van der Waals surface area contributed by atoms with E-state index in [0.29, 0.717) is 0 Å². The first-order valence-corrected chi connectivity index (χ1v) is 30.6. The van der Waals surface area contributed by atoms with Crippen LogP contribution in [0.15, 0.2) is 168 Å². The van der Waals surface area contributed by atoms with E-state index < -0.39 is 0 Å². The van der Waals surface area contributed by atoms with Crippen LogP contribution in [-0.2, 0) is 37.6 Å². The summed E-state index contributed by atoms with van der Waals surface area (Å²) in [7, 11) is 7.05. The number of furan rings is 1. The molecule has 0 saturated heterocycles. The third-order valence-electron chi connectivity index (χ3n) is 20.5. The highest BCUT2D eigenvalue weighted by Gasteiger charge is 2.55. The second kappa shape index (κ2) is 17.7. The fourth-order valence-electron chi connectivity index (χ4n) is 15.7. The molecule has 2 atom stereocenters. The molecule has 3 aliphatic carbocycles. The summed E-state index contributed by atoms with van der Waals surface area (Å²) in [5, 5.41) is 1.05. The smallest absolute Gasteiger partial charge is 0.297 e. The molecule has 2 unspecified atom stereocenters. The number of anilines is 9. The first-order valence-electron chi connectivity index (χ1n) is 30.6. The number of benzene rings is 8. The molecule has 5 aliphatic rings. The average Bonchev–Trinajstić information content (AvgIpc) is 1.79. The number of nitrogens with zero attached hydrogens (tertiary/aromatic N) is 3. The lowest BCUT2D eigenvalue weighted by Gasteiger charge is -2.47. The van der Waals surface area contributed by atoms with Crippen LogP contribution >= 0.6 is 0 Å². The van der Waals surface area contributed by atoms with E-state index in [0.717, 1.165) is 58.2 Å². The Hall–Kier alpha value is -7.04. The van der Waals surface area contributed by atoms with Crippen molar-refractivity contribution < 1.29 is 4.42 Å². The molecule has 2 bridgehead atoms. The zero-order valence-electron chi connectivity index (χ0n) is 51.5. The maximum atomic E-state index is 7.86. The number of hydrogen-bond donors (Lipinski definition) is 0. The highest BCUT2D eigenvalue weighted by molar-refractivity contribution is 7.00. The fourth-order valence-corrected chi connectivity index (χ4v) is 15.7. The number of fused-ring (bicyclic) bond motifs is 12. The van der Waals surface area contributed by atoms with Crippen molar-refractivity contribution in [2.75, 3.05) is 14.7 Å². The lowest BCUT2D eigenvalue weighted by molar-refractivity contribution is 0.332. The van der Waals surface area contributed by atoms with Gasteiger partial charge in [0.05, 0.1) is 46.3 Å². The van der Waals surface area contributed by atoms with Crippen molar-refractivity contribution in [3.63, 3.8) is 0 Å². The van der Waals surface area contributed by atoms with Crippen LogP contribution in [0.4, 0.5) is 51.2 Å². The highest BCUT2D eigenvalue weighted by Crippen LogP contribution is 2.62. The lowest BCUT2D eigenvalue weighted by atomic mass is 9.35. The summed E-state index contributed by atoms with van der Waals surface area (Å²) in [6.45, 7) is 28.8. The summed E-state index contributed by atoms with van der Waals surface area (Å²) in [6.07, 6.45) is 5.86. The van der Waals surface area contributed by atoms with Gasteiger partial charge in [0.1, 0.15) is 5.58 Å². The minimum absolute atomic E-state index is 0.0230. The van der Waals surface area contributed by atoms with Crippen molar-refractivity contribution in [2.24, 2.45) is 0 Å². The molecule has 408 valence electrons. The van der Waals surface area contributed by atoms with Crippen LogP contribution < -0.4 is 31.3 Å². The van der Waals surface area contributed by atoms with Crippen molar-refractivity contribution in [2.45, 2.75) is 153 Å². The van der Waals surface area contributed by atoms with E-state index >= 15 is 0 Å². The third-order valence-corrected chi connectivity index (χ3v) is 20.5. The monoisotopic (exact) mass is 1070 g/mol. The molecule has 8 aromatic carbocycles. The van der Waals surface area contributed by atoms with E-state index in [1.165, 1.54) is 103 Å². The largest absolute Gasteiger partial charge is 0.468 e. The topological polar surface area (TPSA) is 22.9 Å². The third kappa shape index (κ3) is 8.03. The van der Waals surface area contributed by atoms with Gasteiger partial charge in [-0.15, -0.1) is 0 Å². The molecule has 9 aromatic rings. The van der Waals surface area contributed by atoms with Gasteiger partial charge in [0, 0.05) is 45.1 Å². The molecule has 0 amide bonds. The van der Waals surface area contributed by atoms with Crippen molar-refractivity contribution in [1.82, 2.24) is 0 Å². The maximum Gasteiger partial charge on any atom is 0.297 e. The molecule has 82 heavy (non-hydrogen) atoms. The van der Waals surface area contributed by atoms with E-state index in [2.05, 4.69) is 285 Å². The molecule has 0 N–H and O–H groups in total. The zero-order chi connectivity index (χ0) is 57.4. The normalized spacial score (nSPS) is 20.1. The van der Waals surface area contributed by atoms with E-state index in [1.807, 2.05) is 0 Å². The van der Waals surface area contributed by atoms with Crippen LogP contribution in [-0.4, -0.2) is 30.3 Å². The molecule has 0 radical (unpaired) electrons. The van der Waals surface area contributed by atoms with Gasteiger partial charge >= 0.3 is 0 Å². The standard InChI is InChI=1S/C74H79B4N3O/c1-68(2,3)46-27-30-49(31-28-46)80-62-38-50(79(48-23-17-14-18-24-48)60-26-20-19-25-53(60)74(75,76)77)39-63-65(62)78(67-66(80)52-40-56-57(43-64(52)82-67)73(12)36-35-72(56,11)44-73)58-41-54-55(71(9,10)34-33-70(54,7)8)42-61(58)81(63)59-32-29-47(69(4,5)6)37-51(59)45-21-15-13-16-22-45/h13-32,37-43H,33-36,44,75-77H2,1-12H3. The molecule has 0 spiro atoms. The van der Waals surface area contributed by atoms with Gasteiger partial charge in [-0.3, -0.25) is 0 Å². The van der Waals surface area contributed by atoms with Crippen LogP contribution in [0.2, 0.25) is 0 Å². The Bertz CT molecular complexity index is 4080. The van der Waals surface area contributed by atoms with Crippen LogP contribution in [0.3, 0.4) is 0 Å². The summed E-state index contributed by atoms with van der Waals surface area (Å²) in [4.78, 5) is 7.88. The molecule has 14 rings (SSSR count). The summed E-state index contributed by atoms with van der Waals surface area (Å²) < 4.78 is 7.86. The number of para-hydroxylation sites is 2. The van der Waals surface area contributed by atoms with E-state index in [-0.39, 0.29) is 44.3 Å². The second-order valence-electron chi connectivity index (χ2n) is 30.3. The van der Waals surface area contributed by atoms with Crippen LogP contribution in [0.25, 0.3) is 22.1 Å². The van der Waals surface area contributed by atoms with E-state index in [1.54, 1.807) is 0 Å². The van der Waals surface area contributed by atoms with E-state index in [4.69, 9.17) is 4.42 Å². The summed E-state index contributed by atoms with van der Waals surface area (Å²) in [6, 6.07) is 63.7. The summed E-state index contributed by atoms with van der Waals surface area (Å²) in [5.41, 5.74) is 27.3. The van der Waals surface area contributed by atoms with Crippen molar-refractivity contribution in [3.05, 3.63) is 203 Å². The van der Waals surface area contributed by atoms with Gasteiger partial charge < -0.3 is 19.1 Å². The average molecular weight is 1070 g/mol. The SMILES string of the molecule is BC(B)(B)c1ccccc1N(c1ccccc1)c1cc2c3c(c1)N(c1ccc(C(C)(C)C)cc1)c1c(oc4cc5c(cc14)C1(C)CCC5(C)C1)B3c1cc3c(cc1N2c1ccc(C(C)(C)C)cc1-c1ccccc1)C(C)(C)CCC3(C)C. The molecule has 2 aliphatic heterocycles. The van der Waals surface area contributed by atoms with E-state index in [9.17, 15) is 0 Å². The molecule has 1 fully saturated rings. The highest BCUT2D eigenvalue weighted by atomic mass is 16.3. The quantitative estimate of drug-likeness (QED) is 0.148. The molecule has 8 heteroatoms. The molecule has 4 nitrogen and oxygen atoms in total. The first-order chi connectivity index (χ1) is 38.7. The Balaban J connectivity index is 1.18. The predicted octanol–water partition coefficient (Wildman–Crippen LogP) is 15.3. The first kappa shape index (κ1) is 53.0. The second-order valence-corrected chi connectivity index (χ2v) is 30.3. The fraction of sp³-hybridized carbons (Fsp3) is 0.324. The van der Waals surface area contributed by atoms with Crippen LogP contribution in [0, 0.1) is 0 Å². The Labute approximate surface area is 492 Å². The zero-order valence-corrected chi connectivity index (χ0v) is 51.5. The van der Waals surface area contributed by atoms with Crippen molar-refractivity contribution >= 4 is 109 Å². The van der Waals surface area contributed by atoms with Gasteiger partial charge in [-0.05, 0) is 193 Å². The Kier molecular flexibility index (Phi) is 11.5. The molecular weight excluding hydrogens is 990 g/mol. The minimum atomic E-state index is -0.220. The maximum absolute atomic E-state index is 7.86. The Morgan fingerprint density at radius 3 is 1.72 bits per heavy atom. The number of hydrogen-bond acceptors (Lipinski definition) is 4. The molecule has 3 heterocycles. The lowest BCUT2D eigenvalue weighted by Crippen LogP contribution is -2.61. The van der Waals surface area contributed by atoms with Gasteiger partial charge in [0.15, 0.2) is 0 Å². The summed E-state index contributed by atoms with van der Waals surface area (Å²) in [5.74, 6) is 0. The number of rotatable bonds is 7. The predicted molar refractivity (Wildman–Crippen MR) is 359 cm³/mol. The Morgan fingerprint density at radius 1 is 0.512 bits per heavy atom. The minimum Gasteiger partial charge on any atom is -0.468 e. The van der Waals surface area contributed by atoms with Crippen LogP contribution in [0.5, 0.6) is 0 Å². The molecule has 1 saturated carbocycles. The van der Waals surface area contributed by atoms with Gasteiger partial charge in [-0.2, -0.15) is 0 Å². The van der Waals surface area contributed by atoms with Crippen molar-refractivity contribution in [3.8, 4) is 11.1 Å². The summed E-state index contributed by atoms with van der Waals surface area (Å²) >= 11 is 0. The Morgan fingerprint density at radius 2 is 1.09 bits per heavy atom.